The van der Waals surface area contributed by atoms with Crippen LogP contribution in [0.1, 0.15) is 12.0 Å². The summed E-state index contributed by atoms with van der Waals surface area (Å²) in [6, 6.07) is 1.48. The Balaban J connectivity index is 3.00. The standard InChI is InChI=1S/C10H8F2O2/c11-8-5-7(3-1-2-4-13)10(14)6-9(8)12/h5-6,13-14H,2,4H2. The summed E-state index contributed by atoms with van der Waals surface area (Å²) in [5.74, 6) is 2.32. The van der Waals surface area contributed by atoms with E-state index in [1.165, 1.54) is 0 Å². The zero-order chi connectivity index (χ0) is 10.6. The molecule has 0 aromatic heterocycles. The molecule has 1 aromatic carbocycles. The van der Waals surface area contributed by atoms with Crippen LogP contribution in [0.15, 0.2) is 12.1 Å². The van der Waals surface area contributed by atoms with Gasteiger partial charge in [-0.3, -0.25) is 0 Å². The minimum Gasteiger partial charge on any atom is -0.507 e. The molecule has 0 amide bonds. The molecule has 74 valence electrons. The zero-order valence-electron chi connectivity index (χ0n) is 7.22. The summed E-state index contributed by atoms with van der Waals surface area (Å²) >= 11 is 0. The van der Waals surface area contributed by atoms with E-state index in [1.54, 1.807) is 0 Å². The molecule has 4 heteroatoms. The van der Waals surface area contributed by atoms with E-state index in [2.05, 4.69) is 11.8 Å². The van der Waals surface area contributed by atoms with Gasteiger partial charge in [0.1, 0.15) is 5.75 Å². The van der Waals surface area contributed by atoms with Crippen LogP contribution in [0, 0.1) is 23.5 Å². The largest absolute Gasteiger partial charge is 0.507 e. The van der Waals surface area contributed by atoms with E-state index in [0.717, 1.165) is 6.07 Å². The quantitative estimate of drug-likeness (QED) is 0.670. The van der Waals surface area contributed by atoms with Gasteiger partial charge in [-0.05, 0) is 6.07 Å². The first kappa shape index (κ1) is 10.5. The second-order valence-electron chi connectivity index (χ2n) is 2.56. The number of aliphatic hydroxyl groups is 1. The number of benzene rings is 1. The van der Waals surface area contributed by atoms with Crippen LogP contribution in [0.25, 0.3) is 0 Å². The maximum Gasteiger partial charge on any atom is 0.162 e. The molecule has 0 spiro atoms. The molecule has 0 atom stereocenters. The van der Waals surface area contributed by atoms with Gasteiger partial charge < -0.3 is 10.2 Å². The van der Waals surface area contributed by atoms with Crippen molar-refractivity contribution in [2.24, 2.45) is 0 Å². The van der Waals surface area contributed by atoms with Crippen molar-refractivity contribution in [3.8, 4) is 17.6 Å². The van der Waals surface area contributed by atoms with Gasteiger partial charge in [0.2, 0.25) is 0 Å². The average molecular weight is 198 g/mol. The third kappa shape index (κ3) is 2.44. The van der Waals surface area contributed by atoms with Crippen molar-refractivity contribution in [1.29, 1.82) is 0 Å². The van der Waals surface area contributed by atoms with Crippen LogP contribution < -0.4 is 0 Å². The van der Waals surface area contributed by atoms with Crippen molar-refractivity contribution < 1.29 is 19.0 Å². The maximum absolute atomic E-state index is 12.7. The van der Waals surface area contributed by atoms with Gasteiger partial charge in [0.25, 0.3) is 0 Å². The van der Waals surface area contributed by atoms with Gasteiger partial charge in [-0.25, -0.2) is 8.78 Å². The molecule has 1 aromatic rings. The Kier molecular flexibility index (Phi) is 3.43. The highest BCUT2D eigenvalue weighted by molar-refractivity contribution is 5.45. The number of hydrogen-bond acceptors (Lipinski definition) is 2. The summed E-state index contributed by atoms with van der Waals surface area (Å²) in [6.07, 6.45) is 0.221. The Hall–Kier alpha value is -1.60. The van der Waals surface area contributed by atoms with Crippen LogP contribution in [0.3, 0.4) is 0 Å². The molecule has 0 aliphatic rings. The molecule has 0 bridgehead atoms. The molecule has 1 rings (SSSR count). The molecule has 2 N–H and O–H groups in total. The Bertz CT molecular complexity index is 391. The summed E-state index contributed by atoms with van der Waals surface area (Å²) in [5.41, 5.74) is 0.0114. The molecule has 0 aliphatic carbocycles. The number of aliphatic hydroxyl groups excluding tert-OH is 1. The number of halogens is 2. The summed E-state index contributed by atoms with van der Waals surface area (Å²) < 4.78 is 25.2. The molecule has 0 aliphatic heterocycles. The normalized spacial score (nSPS) is 9.36. The monoisotopic (exact) mass is 198 g/mol. The second kappa shape index (κ2) is 4.58. The highest BCUT2D eigenvalue weighted by Crippen LogP contribution is 2.19. The summed E-state index contributed by atoms with van der Waals surface area (Å²) in [5, 5.41) is 17.6. The molecule has 0 unspecified atom stereocenters. The number of phenolic OH excluding ortho intramolecular Hbond substituents is 1. The Morgan fingerprint density at radius 3 is 2.50 bits per heavy atom. The lowest BCUT2D eigenvalue weighted by Crippen LogP contribution is -1.86. The summed E-state index contributed by atoms with van der Waals surface area (Å²) in [7, 11) is 0. The van der Waals surface area contributed by atoms with E-state index in [1.807, 2.05) is 0 Å². The Morgan fingerprint density at radius 1 is 1.21 bits per heavy atom. The fourth-order valence-corrected chi connectivity index (χ4v) is 0.850. The third-order valence-corrected chi connectivity index (χ3v) is 1.50. The van der Waals surface area contributed by atoms with Crippen molar-refractivity contribution in [2.45, 2.75) is 6.42 Å². The van der Waals surface area contributed by atoms with Gasteiger partial charge in [0, 0.05) is 12.5 Å². The van der Waals surface area contributed by atoms with E-state index >= 15 is 0 Å². The highest BCUT2D eigenvalue weighted by Gasteiger charge is 2.06. The van der Waals surface area contributed by atoms with Crippen LogP contribution >= 0.6 is 0 Å². The van der Waals surface area contributed by atoms with Gasteiger partial charge in [0.05, 0.1) is 12.2 Å². The van der Waals surface area contributed by atoms with Crippen molar-refractivity contribution in [2.75, 3.05) is 6.61 Å². The van der Waals surface area contributed by atoms with Gasteiger partial charge in [0.15, 0.2) is 11.6 Å². The van der Waals surface area contributed by atoms with Crippen molar-refractivity contribution in [3.63, 3.8) is 0 Å². The molecular formula is C10H8F2O2. The van der Waals surface area contributed by atoms with E-state index in [9.17, 15) is 8.78 Å². The first-order valence-corrected chi connectivity index (χ1v) is 3.93. The topological polar surface area (TPSA) is 40.5 Å². The fourth-order valence-electron chi connectivity index (χ4n) is 0.850. The predicted octanol–water partition coefficient (Wildman–Crippen LogP) is 1.40. The lowest BCUT2D eigenvalue weighted by atomic mass is 10.2. The highest BCUT2D eigenvalue weighted by atomic mass is 19.2. The summed E-state index contributed by atoms with van der Waals surface area (Å²) in [6.45, 7) is -0.114. The van der Waals surface area contributed by atoms with Crippen molar-refractivity contribution >= 4 is 0 Å². The van der Waals surface area contributed by atoms with Gasteiger partial charge in [-0.2, -0.15) is 0 Å². The lowest BCUT2D eigenvalue weighted by molar-refractivity contribution is 0.305. The minimum atomic E-state index is -1.12. The molecule has 14 heavy (non-hydrogen) atoms. The first-order chi connectivity index (χ1) is 6.65. The number of rotatable bonds is 1. The average Bonchev–Trinajstić information content (AvgIpc) is 2.14. The van der Waals surface area contributed by atoms with E-state index in [4.69, 9.17) is 10.2 Å². The van der Waals surface area contributed by atoms with Crippen LogP contribution in [-0.2, 0) is 0 Å². The lowest BCUT2D eigenvalue weighted by Gasteiger charge is -1.97. The number of hydrogen-bond donors (Lipinski definition) is 2. The fraction of sp³-hybridized carbons (Fsp3) is 0.200. The van der Waals surface area contributed by atoms with Gasteiger partial charge in [-0.1, -0.05) is 11.8 Å². The molecule has 0 heterocycles. The third-order valence-electron chi connectivity index (χ3n) is 1.50. The van der Waals surface area contributed by atoms with E-state index in [0.29, 0.717) is 6.07 Å². The molecule has 2 nitrogen and oxygen atoms in total. The van der Waals surface area contributed by atoms with Crippen molar-refractivity contribution in [1.82, 2.24) is 0 Å². The van der Waals surface area contributed by atoms with E-state index in [-0.39, 0.29) is 18.6 Å². The molecule has 0 radical (unpaired) electrons. The van der Waals surface area contributed by atoms with Gasteiger partial charge >= 0.3 is 0 Å². The van der Waals surface area contributed by atoms with E-state index < -0.39 is 17.4 Å². The molecule has 0 saturated carbocycles. The van der Waals surface area contributed by atoms with Crippen molar-refractivity contribution in [3.05, 3.63) is 29.3 Å². The Morgan fingerprint density at radius 2 is 1.86 bits per heavy atom. The first-order valence-electron chi connectivity index (χ1n) is 3.93. The molecular weight excluding hydrogens is 190 g/mol. The van der Waals surface area contributed by atoms with Crippen LogP contribution in [-0.4, -0.2) is 16.8 Å². The van der Waals surface area contributed by atoms with Crippen LogP contribution in [0.5, 0.6) is 5.75 Å². The Labute approximate surface area is 79.8 Å². The minimum absolute atomic E-state index is 0.0114. The van der Waals surface area contributed by atoms with Gasteiger partial charge in [-0.15, -0.1) is 0 Å². The second-order valence-corrected chi connectivity index (χ2v) is 2.56. The maximum atomic E-state index is 12.7. The number of phenols is 1. The SMILES string of the molecule is OCCC#Cc1cc(F)c(F)cc1O. The summed E-state index contributed by atoms with van der Waals surface area (Å²) in [4.78, 5) is 0. The molecule has 0 fully saturated rings. The smallest absolute Gasteiger partial charge is 0.162 e. The molecule has 0 saturated heterocycles. The predicted molar refractivity (Wildman–Crippen MR) is 46.6 cm³/mol. The van der Waals surface area contributed by atoms with Crippen LogP contribution in [0.2, 0.25) is 0 Å². The number of aromatic hydroxyl groups is 1. The van der Waals surface area contributed by atoms with Crippen LogP contribution in [0.4, 0.5) is 8.78 Å². The zero-order valence-corrected chi connectivity index (χ0v) is 7.22.